The molecule has 2 rings (SSSR count). The number of likely N-dealkylation sites (tertiary alicyclic amines) is 1. The average Bonchev–Trinajstić information content (AvgIpc) is 2.45. The summed E-state index contributed by atoms with van der Waals surface area (Å²) in [5.41, 5.74) is 1.89. The molecule has 1 aromatic rings. The average molecular weight is 316 g/mol. The van der Waals surface area contributed by atoms with Gasteiger partial charge in [-0.2, -0.15) is 13.2 Å². The normalized spacial score (nSPS) is 18.4. The number of rotatable bonds is 2. The van der Waals surface area contributed by atoms with Crippen LogP contribution in [0.25, 0.3) is 0 Å². The van der Waals surface area contributed by atoms with Gasteiger partial charge in [0.05, 0.1) is 11.3 Å². The molecule has 1 saturated heterocycles. The number of piperidine rings is 1. The first kappa shape index (κ1) is 16.7. The van der Waals surface area contributed by atoms with E-state index in [4.69, 9.17) is 0 Å². The zero-order valence-corrected chi connectivity index (χ0v) is 12.5. The number of carbonyl (C=O) groups is 1. The van der Waals surface area contributed by atoms with Gasteiger partial charge >= 0.3 is 6.18 Å². The second kappa shape index (κ2) is 6.24. The van der Waals surface area contributed by atoms with Crippen molar-refractivity contribution in [2.75, 3.05) is 13.1 Å². The Kier molecular flexibility index (Phi) is 4.75. The van der Waals surface area contributed by atoms with Crippen LogP contribution in [0.4, 0.5) is 13.2 Å². The summed E-state index contributed by atoms with van der Waals surface area (Å²) in [7, 11) is 0. The molecule has 1 N–H and O–H groups in total. The Morgan fingerprint density at radius 2 is 1.91 bits per heavy atom. The highest BCUT2D eigenvalue weighted by molar-refractivity contribution is 5.95. The van der Waals surface area contributed by atoms with Gasteiger partial charge in [0.25, 0.3) is 5.91 Å². The second-order valence-corrected chi connectivity index (χ2v) is 5.70. The number of pyridine rings is 1. The van der Waals surface area contributed by atoms with Crippen molar-refractivity contribution in [2.45, 2.75) is 39.0 Å². The van der Waals surface area contributed by atoms with Gasteiger partial charge in [0.15, 0.2) is 6.10 Å². The number of amides is 1. The highest BCUT2D eigenvalue weighted by atomic mass is 19.4. The summed E-state index contributed by atoms with van der Waals surface area (Å²) in [6.07, 6.45) is -6.63. The van der Waals surface area contributed by atoms with E-state index in [9.17, 15) is 23.1 Å². The van der Waals surface area contributed by atoms with Crippen LogP contribution >= 0.6 is 0 Å². The van der Waals surface area contributed by atoms with Crippen LogP contribution in [-0.2, 0) is 0 Å². The maximum atomic E-state index is 12.5. The number of carbonyl (C=O) groups excluding carboxylic acids is 1. The number of aliphatic hydroxyl groups excluding tert-OH is 1. The van der Waals surface area contributed by atoms with E-state index < -0.39 is 18.2 Å². The third kappa shape index (κ3) is 3.58. The number of aromatic nitrogens is 1. The lowest BCUT2D eigenvalue weighted by molar-refractivity contribution is -0.222. The molecule has 1 aliphatic heterocycles. The fraction of sp³-hybridized carbons (Fsp3) is 0.600. The maximum Gasteiger partial charge on any atom is 0.414 e. The lowest BCUT2D eigenvalue weighted by atomic mass is 9.90. The second-order valence-electron chi connectivity index (χ2n) is 5.70. The molecule has 0 saturated carbocycles. The number of alkyl halides is 3. The van der Waals surface area contributed by atoms with Crippen LogP contribution in [0.5, 0.6) is 0 Å². The van der Waals surface area contributed by atoms with Gasteiger partial charge in [-0.05, 0) is 44.7 Å². The third-order valence-corrected chi connectivity index (χ3v) is 4.06. The van der Waals surface area contributed by atoms with Gasteiger partial charge in [-0.1, -0.05) is 0 Å². The van der Waals surface area contributed by atoms with Gasteiger partial charge in [0.2, 0.25) is 0 Å². The number of halogens is 3. The van der Waals surface area contributed by atoms with Crippen molar-refractivity contribution < 1.29 is 23.1 Å². The molecule has 1 amide bonds. The number of hydrogen-bond donors (Lipinski definition) is 1. The van der Waals surface area contributed by atoms with E-state index in [-0.39, 0.29) is 31.8 Å². The highest BCUT2D eigenvalue weighted by Gasteiger charge is 2.44. The zero-order chi connectivity index (χ0) is 16.5. The molecule has 0 radical (unpaired) electrons. The molecule has 0 bridgehead atoms. The van der Waals surface area contributed by atoms with Crippen LogP contribution in [-0.4, -0.2) is 46.3 Å². The first-order valence-electron chi connectivity index (χ1n) is 7.18. The lowest BCUT2D eigenvalue weighted by Gasteiger charge is -2.34. The highest BCUT2D eigenvalue weighted by Crippen LogP contribution is 2.32. The van der Waals surface area contributed by atoms with Gasteiger partial charge in [-0.3, -0.25) is 9.78 Å². The summed E-state index contributed by atoms with van der Waals surface area (Å²) < 4.78 is 37.5. The van der Waals surface area contributed by atoms with Crippen molar-refractivity contribution in [1.29, 1.82) is 0 Å². The van der Waals surface area contributed by atoms with E-state index in [1.807, 2.05) is 6.92 Å². The number of aryl methyl sites for hydroxylation is 2. The summed E-state index contributed by atoms with van der Waals surface area (Å²) in [4.78, 5) is 18.2. The van der Waals surface area contributed by atoms with Crippen molar-refractivity contribution in [3.63, 3.8) is 0 Å². The Morgan fingerprint density at radius 3 is 2.41 bits per heavy atom. The number of aliphatic hydroxyl groups is 1. The maximum absolute atomic E-state index is 12.5. The van der Waals surface area contributed by atoms with Crippen LogP contribution in [0.15, 0.2) is 12.1 Å². The van der Waals surface area contributed by atoms with E-state index in [0.29, 0.717) is 11.3 Å². The summed E-state index contributed by atoms with van der Waals surface area (Å²) in [5, 5.41) is 9.29. The predicted octanol–water partition coefficient (Wildman–Crippen LogP) is 2.47. The topological polar surface area (TPSA) is 53.4 Å². The Labute approximate surface area is 127 Å². The molecule has 1 unspecified atom stereocenters. The van der Waals surface area contributed by atoms with Gasteiger partial charge < -0.3 is 10.0 Å². The van der Waals surface area contributed by atoms with Crippen LogP contribution in [0.2, 0.25) is 0 Å². The minimum Gasteiger partial charge on any atom is -0.383 e. The van der Waals surface area contributed by atoms with Crippen LogP contribution in [0.3, 0.4) is 0 Å². The fourth-order valence-electron chi connectivity index (χ4n) is 2.77. The molecule has 22 heavy (non-hydrogen) atoms. The smallest absolute Gasteiger partial charge is 0.383 e. The van der Waals surface area contributed by atoms with Gasteiger partial charge in [0.1, 0.15) is 0 Å². The molecule has 1 atom stereocenters. The molecular weight excluding hydrogens is 297 g/mol. The largest absolute Gasteiger partial charge is 0.414 e. The van der Waals surface area contributed by atoms with E-state index in [1.165, 1.54) is 4.90 Å². The van der Waals surface area contributed by atoms with Crippen LogP contribution < -0.4 is 0 Å². The molecule has 2 heterocycles. The van der Waals surface area contributed by atoms with Crippen LogP contribution in [0, 0.1) is 19.8 Å². The van der Waals surface area contributed by atoms with Gasteiger partial charge in [-0.25, -0.2) is 0 Å². The molecule has 0 aromatic carbocycles. The SMILES string of the molecule is Cc1ccc(C(=O)N2CCC(C(O)C(F)(F)F)CC2)c(C)n1. The molecule has 1 aliphatic rings. The fourth-order valence-corrected chi connectivity index (χ4v) is 2.77. The van der Waals surface area contributed by atoms with Crippen LogP contribution in [0.1, 0.15) is 34.6 Å². The molecule has 0 spiro atoms. The first-order chi connectivity index (χ1) is 10.2. The minimum absolute atomic E-state index is 0.144. The van der Waals surface area contributed by atoms with Gasteiger partial charge in [0, 0.05) is 18.8 Å². The van der Waals surface area contributed by atoms with Crippen molar-refractivity contribution >= 4 is 5.91 Å². The summed E-state index contributed by atoms with van der Waals surface area (Å²) in [5.74, 6) is -1.06. The quantitative estimate of drug-likeness (QED) is 0.912. The summed E-state index contributed by atoms with van der Waals surface area (Å²) in [6, 6.07) is 3.43. The van der Waals surface area contributed by atoms with E-state index >= 15 is 0 Å². The van der Waals surface area contributed by atoms with Crippen molar-refractivity contribution in [2.24, 2.45) is 5.92 Å². The predicted molar refractivity (Wildman–Crippen MR) is 74.4 cm³/mol. The zero-order valence-electron chi connectivity index (χ0n) is 12.5. The Bertz CT molecular complexity index is 552. The number of nitrogens with zero attached hydrogens (tertiary/aromatic N) is 2. The molecule has 122 valence electrons. The standard InChI is InChI=1S/C15H19F3N2O2/c1-9-3-4-12(10(2)19-9)14(22)20-7-5-11(6-8-20)13(21)15(16,17)18/h3-4,11,13,21H,5-8H2,1-2H3. The monoisotopic (exact) mass is 316 g/mol. The summed E-state index contributed by atoms with van der Waals surface area (Å²) in [6.45, 7) is 3.99. The van der Waals surface area contributed by atoms with Crippen molar-refractivity contribution in [1.82, 2.24) is 9.88 Å². The molecule has 7 heteroatoms. The molecule has 0 aliphatic carbocycles. The Balaban J connectivity index is 2.01. The van der Waals surface area contributed by atoms with Crippen molar-refractivity contribution in [3.8, 4) is 0 Å². The molecule has 4 nitrogen and oxygen atoms in total. The van der Waals surface area contributed by atoms with E-state index in [2.05, 4.69) is 4.98 Å². The molecule has 1 aromatic heterocycles. The Hall–Kier alpha value is -1.63. The summed E-state index contributed by atoms with van der Waals surface area (Å²) >= 11 is 0. The van der Waals surface area contributed by atoms with E-state index in [1.54, 1.807) is 19.1 Å². The molecule has 1 fully saturated rings. The molecular formula is C15H19F3N2O2. The third-order valence-electron chi connectivity index (χ3n) is 4.06. The Morgan fingerprint density at radius 1 is 1.32 bits per heavy atom. The first-order valence-corrected chi connectivity index (χ1v) is 7.18. The lowest BCUT2D eigenvalue weighted by Crippen LogP contribution is -2.45. The van der Waals surface area contributed by atoms with Crippen molar-refractivity contribution in [3.05, 3.63) is 29.1 Å². The van der Waals surface area contributed by atoms with Gasteiger partial charge in [-0.15, -0.1) is 0 Å². The van der Waals surface area contributed by atoms with E-state index in [0.717, 1.165) is 5.69 Å². The minimum atomic E-state index is -4.60. The number of hydrogen-bond acceptors (Lipinski definition) is 3.